The van der Waals surface area contributed by atoms with Crippen LogP contribution < -0.4 is 10.6 Å². The average Bonchev–Trinajstić information content (AvgIpc) is 3.11. The average molecular weight is 522 g/mol. The molecule has 2 aliphatic rings. The van der Waals surface area contributed by atoms with Gasteiger partial charge >= 0.3 is 6.18 Å². The lowest BCUT2D eigenvalue weighted by Gasteiger charge is -2.43. The van der Waals surface area contributed by atoms with Crippen molar-refractivity contribution in [3.05, 3.63) is 73.3 Å². The number of allylic oxidation sites excluding steroid dienone is 3. The molecule has 9 heteroatoms. The fourth-order valence-corrected chi connectivity index (χ4v) is 5.94. The number of hydrogen-bond acceptors (Lipinski definition) is 5. The van der Waals surface area contributed by atoms with Crippen LogP contribution in [0.15, 0.2) is 62.8 Å². The molecule has 1 unspecified atom stereocenters. The minimum absolute atomic E-state index is 0.0468. The Bertz CT molecular complexity index is 1220. The predicted molar refractivity (Wildman–Crippen MR) is 121 cm³/mol. The maximum Gasteiger partial charge on any atom is 0.416 e. The summed E-state index contributed by atoms with van der Waals surface area (Å²) in [5.74, 6) is -0.717. The quantitative estimate of drug-likeness (QED) is 0.491. The third-order valence-corrected chi connectivity index (χ3v) is 7.38. The van der Waals surface area contributed by atoms with Crippen LogP contribution in [0.25, 0.3) is 0 Å². The molecule has 32 heavy (non-hydrogen) atoms. The molecule has 4 nitrogen and oxygen atoms in total. The summed E-state index contributed by atoms with van der Waals surface area (Å²) in [5, 5.41) is 9.99. The van der Waals surface area contributed by atoms with Gasteiger partial charge in [-0.3, -0.25) is 9.69 Å². The first-order valence-corrected chi connectivity index (χ1v) is 11.4. The zero-order chi connectivity index (χ0) is 23.4. The SMILES string of the molecule is CC1(C)CC(=O)C2=C(C1)N(c1cccc(C(F)(F)F)c1)C(N)=C(C#N)C2c1ccc(Br)s1. The first kappa shape index (κ1) is 22.6. The molecule has 1 aromatic heterocycles. The van der Waals surface area contributed by atoms with Gasteiger partial charge in [-0.2, -0.15) is 18.4 Å². The van der Waals surface area contributed by atoms with Crippen molar-refractivity contribution >= 4 is 38.7 Å². The van der Waals surface area contributed by atoms with Crippen LogP contribution in [0.2, 0.25) is 0 Å². The number of nitrogens with zero attached hydrogens (tertiary/aromatic N) is 2. The molecule has 2 N–H and O–H groups in total. The van der Waals surface area contributed by atoms with E-state index in [1.165, 1.54) is 28.4 Å². The minimum Gasteiger partial charge on any atom is -0.384 e. The second-order valence-corrected chi connectivity index (χ2v) is 11.2. The second-order valence-electron chi connectivity index (χ2n) is 8.67. The molecule has 166 valence electrons. The molecule has 1 aromatic carbocycles. The fraction of sp³-hybridized carbons (Fsp3) is 0.304. The van der Waals surface area contributed by atoms with Gasteiger partial charge in [0.2, 0.25) is 0 Å². The molecule has 1 atom stereocenters. The van der Waals surface area contributed by atoms with Gasteiger partial charge in [-0.1, -0.05) is 19.9 Å². The van der Waals surface area contributed by atoms with Gasteiger partial charge in [-0.05, 0) is 58.1 Å². The van der Waals surface area contributed by atoms with E-state index < -0.39 is 23.1 Å². The number of ketones is 1. The normalized spacial score (nSPS) is 21.0. The highest BCUT2D eigenvalue weighted by Crippen LogP contribution is 2.51. The molecule has 0 radical (unpaired) electrons. The number of nitriles is 1. The number of carbonyl (C=O) groups is 1. The van der Waals surface area contributed by atoms with Crippen LogP contribution in [0.4, 0.5) is 18.9 Å². The van der Waals surface area contributed by atoms with Crippen molar-refractivity contribution in [3.63, 3.8) is 0 Å². The van der Waals surface area contributed by atoms with Gasteiger partial charge in [0.15, 0.2) is 5.78 Å². The van der Waals surface area contributed by atoms with E-state index in [4.69, 9.17) is 5.73 Å². The minimum atomic E-state index is -4.53. The molecule has 0 bridgehead atoms. The van der Waals surface area contributed by atoms with Crippen LogP contribution in [-0.2, 0) is 11.0 Å². The summed E-state index contributed by atoms with van der Waals surface area (Å²) >= 11 is 4.82. The van der Waals surface area contributed by atoms with Gasteiger partial charge in [-0.25, -0.2) is 0 Å². The van der Waals surface area contributed by atoms with E-state index in [1.54, 1.807) is 0 Å². The third kappa shape index (κ3) is 3.86. The lowest BCUT2D eigenvalue weighted by Crippen LogP contribution is -2.42. The van der Waals surface area contributed by atoms with E-state index in [1.807, 2.05) is 26.0 Å². The van der Waals surface area contributed by atoms with Crippen molar-refractivity contribution in [1.29, 1.82) is 5.26 Å². The maximum absolute atomic E-state index is 13.4. The van der Waals surface area contributed by atoms with Crippen molar-refractivity contribution < 1.29 is 18.0 Å². The molecule has 0 amide bonds. The summed E-state index contributed by atoms with van der Waals surface area (Å²) < 4.78 is 41.0. The zero-order valence-electron chi connectivity index (χ0n) is 17.3. The van der Waals surface area contributed by atoms with Crippen LogP contribution in [0.5, 0.6) is 0 Å². The maximum atomic E-state index is 13.4. The number of carbonyl (C=O) groups excluding carboxylic acids is 1. The van der Waals surface area contributed by atoms with Gasteiger partial charge in [-0.15, -0.1) is 11.3 Å². The Kier molecular flexibility index (Phi) is 5.50. The highest BCUT2D eigenvalue weighted by atomic mass is 79.9. The Balaban J connectivity index is 1.99. The molecule has 4 rings (SSSR count). The van der Waals surface area contributed by atoms with Crippen molar-refractivity contribution in [1.82, 2.24) is 0 Å². The third-order valence-electron chi connectivity index (χ3n) is 5.69. The largest absolute Gasteiger partial charge is 0.416 e. The standard InChI is InChI=1S/C23H19BrF3N3OS/c1-22(2)9-15-20(16(31)10-22)19(17-6-7-18(24)32-17)14(11-28)21(29)30(15)13-5-3-4-12(8-13)23(25,26)27/h3-8,19H,9-10,29H2,1-2H3. The number of hydrogen-bond donors (Lipinski definition) is 1. The molecule has 0 saturated heterocycles. The van der Waals surface area contributed by atoms with Gasteiger partial charge in [0.25, 0.3) is 0 Å². The van der Waals surface area contributed by atoms with Gasteiger partial charge in [0.05, 0.1) is 26.9 Å². The van der Waals surface area contributed by atoms with Gasteiger partial charge < -0.3 is 5.73 Å². The number of rotatable bonds is 2. The predicted octanol–water partition coefficient (Wildman–Crippen LogP) is 6.47. The molecule has 0 spiro atoms. The number of Topliss-reactive ketones (excluding diaryl/α,β-unsaturated/α-hetero) is 1. The molecule has 2 aromatic rings. The topological polar surface area (TPSA) is 70.1 Å². The van der Waals surface area contributed by atoms with Crippen molar-refractivity contribution in [2.45, 2.75) is 38.8 Å². The van der Waals surface area contributed by atoms with E-state index in [0.29, 0.717) is 17.7 Å². The fourth-order valence-electron chi connectivity index (χ4n) is 4.39. The summed E-state index contributed by atoms with van der Waals surface area (Å²) in [6.45, 7) is 3.88. The van der Waals surface area contributed by atoms with Crippen molar-refractivity contribution in [3.8, 4) is 6.07 Å². The smallest absolute Gasteiger partial charge is 0.384 e. The Morgan fingerprint density at radius 1 is 1.25 bits per heavy atom. The molecule has 0 saturated carbocycles. The van der Waals surface area contributed by atoms with Gasteiger partial charge in [0.1, 0.15) is 5.82 Å². The van der Waals surface area contributed by atoms with Crippen molar-refractivity contribution in [2.24, 2.45) is 11.1 Å². The van der Waals surface area contributed by atoms with Crippen LogP contribution in [0.3, 0.4) is 0 Å². The van der Waals surface area contributed by atoms with Crippen LogP contribution in [0, 0.1) is 16.7 Å². The first-order chi connectivity index (χ1) is 14.9. The van der Waals surface area contributed by atoms with E-state index >= 15 is 0 Å². The monoisotopic (exact) mass is 521 g/mol. The van der Waals surface area contributed by atoms with E-state index in [2.05, 4.69) is 22.0 Å². The number of thiophene rings is 1. The summed E-state index contributed by atoms with van der Waals surface area (Å²) in [5.41, 5.74) is 6.54. The molecule has 1 aliphatic heterocycles. The first-order valence-electron chi connectivity index (χ1n) is 9.81. The van der Waals surface area contributed by atoms with Crippen molar-refractivity contribution in [2.75, 3.05) is 4.90 Å². The van der Waals surface area contributed by atoms with E-state index in [0.717, 1.165) is 20.8 Å². The van der Waals surface area contributed by atoms with Crippen LogP contribution >= 0.6 is 27.3 Å². The molecule has 0 fully saturated rings. The number of halogens is 4. The summed E-state index contributed by atoms with van der Waals surface area (Å²) in [6.07, 6.45) is -3.82. The molecule has 2 heterocycles. The number of nitrogens with two attached hydrogens (primary N) is 1. The molecular formula is C23H19BrF3N3OS. The van der Waals surface area contributed by atoms with Crippen LogP contribution in [-0.4, -0.2) is 5.78 Å². The lowest BCUT2D eigenvalue weighted by molar-refractivity contribution is -0.137. The van der Waals surface area contributed by atoms with E-state index in [-0.39, 0.29) is 29.3 Å². The van der Waals surface area contributed by atoms with Crippen LogP contribution in [0.1, 0.15) is 43.0 Å². The van der Waals surface area contributed by atoms with E-state index in [9.17, 15) is 23.2 Å². The number of alkyl halides is 3. The highest BCUT2D eigenvalue weighted by molar-refractivity contribution is 9.11. The Hall–Kier alpha value is -2.57. The highest BCUT2D eigenvalue weighted by Gasteiger charge is 2.45. The second kappa shape index (κ2) is 7.78. The molecule has 1 aliphatic carbocycles. The summed E-state index contributed by atoms with van der Waals surface area (Å²) in [6, 6.07) is 10.6. The number of anilines is 1. The zero-order valence-corrected chi connectivity index (χ0v) is 19.7. The number of benzene rings is 1. The van der Waals surface area contributed by atoms with Gasteiger partial charge in [0, 0.05) is 28.3 Å². The Morgan fingerprint density at radius 2 is 1.97 bits per heavy atom. The Morgan fingerprint density at radius 3 is 2.56 bits per heavy atom. The lowest BCUT2D eigenvalue weighted by atomic mass is 9.69. The Labute approximate surface area is 196 Å². The summed E-state index contributed by atoms with van der Waals surface area (Å²) in [4.78, 5) is 15.6. The summed E-state index contributed by atoms with van der Waals surface area (Å²) in [7, 11) is 0. The molecular weight excluding hydrogens is 503 g/mol.